The minimum absolute atomic E-state index is 0.0129. The number of amides is 1. The molecular formula is C22H23NO6. The lowest BCUT2D eigenvalue weighted by atomic mass is 10.1. The lowest BCUT2D eigenvalue weighted by Gasteiger charge is -2.22. The van der Waals surface area contributed by atoms with Gasteiger partial charge in [-0.05, 0) is 50.1 Å². The number of rotatable bonds is 7. The number of hydrogen-bond donors (Lipinski definition) is 0. The van der Waals surface area contributed by atoms with E-state index in [0.29, 0.717) is 17.1 Å². The van der Waals surface area contributed by atoms with Crippen LogP contribution < -0.4 is 14.4 Å². The second-order valence-electron chi connectivity index (χ2n) is 6.82. The van der Waals surface area contributed by atoms with Crippen molar-refractivity contribution in [2.24, 2.45) is 0 Å². The van der Waals surface area contributed by atoms with Crippen LogP contribution in [0.25, 0.3) is 0 Å². The predicted molar refractivity (Wildman–Crippen MR) is 107 cm³/mol. The number of methoxy groups -OCH3 is 1. The van der Waals surface area contributed by atoms with E-state index in [1.807, 2.05) is 31.2 Å². The fraction of sp³-hybridized carbons (Fsp3) is 0.318. The molecule has 1 aliphatic rings. The molecule has 0 saturated heterocycles. The van der Waals surface area contributed by atoms with Gasteiger partial charge in [-0.15, -0.1) is 0 Å². The molecule has 0 radical (unpaired) electrons. The van der Waals surface area contributed by atoms with Crippen molar-refractivity contribution in [1.82, 2.24) is 0 Å². The minimum atomic E-state index is -0.670. The van der Waals surface area contributed by atoms with Crippen LogP contribution >= 0.6 is 0 Å². The molecule has 0 fully saturated rings. The summed E-state index contributed by atoms with van der Waals surface area (Å²) in [6, 6.07) is 12.4. The molecule has 0 aliphatic carbocycles. The van der Waals surface area contributed by atoms with Crippen LogP contribution in [0.2, 0.25) is 0 Å². The molecule has 0 N–H and O–H groups in total. The van der Waals surface area contributed by atoms with Gasteiger partial charge in [0.05, 0.1) is 7.11 Å². The summed E-state index contributed by atoms with van der Waals surface area (Å²) in [5.41, 5.74) is 2.43. The Kier molecular flexibility index (Phi) is 6.16. The van der Waals surface area contributed by atoms with E-state index >= 15 is 0 Å². The van der Waals surface area contributed by atoms with E-state index in [1.165, 1.54) is 14.0 Å². The summed E-state index contributed by atoms with van der Waals surface area (Å²) in [6.45, 7) is 2.67. The zero-order valence-electron chi connectivity index (χ0n) is 16.6. The number of benzene rings is 2. The third-order valence-electron chi connectivity index (χ3n) is 4.75. The maximum absolute atomic E-state index is 12.6. The van der Waals surface area contributed by atoms with Gasteiger partial charge in [0, 0.05) is 17.3 Å². The molecule has 0 aromatic heterocycles. The molecule has 2 aromatic rings. The fourth-order valence-electron chi connectivity index (χ4n) is 3.34. The van der Waals surface area contributed by atoms with E-state index in [9.17, 15) is 14.4 Å². The first-order valence-electron chi connectivity index (χ1n) is 9.28. The summed E-state index contributed by atoms with van der Waals surface area (Å²) < 4.78 is 15.7. The van der Waals surface area contributed by atoms with Crippen LogP contribution in [0.3, 0.4) is 0 Å². The van der Waals surface area contributed by atoms with E-state index < -0.39 is 5.97 Å². The van der Waals surface area contributed by atoms with Gasteiger partial charge in [0.25, 0.3) is 5.91 Å². The number of ether oxygens (including phenoxy) is 3. The minimum Gasteiger partial charge on any atom is -0.493 e. The summed E-state index contributed by atoms with van der Waals surface area (Å²) in [5.74, 6) is -0.409. The van der Waals surface area contributed by atoms with Crippen molar-refractivity contribution in [3.05, 3.63) is 53.6 Å². The zero-order chi connectivity index (χ0) is 21.0. The molecular weight excluding hydrogens is 374 g/mol. The van der Waals surface area contributed by atoms with Gasteiger partial charge in [0.1, 0.15) is 0 Å². The quantitative estimate of drug-likeness (QED) is 0.528. The van der Waals surface area contributed by atoms with Crippen LogP contribution in [0, 0.1) is 0 Å². The SMILES string of the molecule is COc1cc(C(C)=O)ccc1OCC(=O)OCC(=O)N1c2ccccc2C[C@H]1C. The van der Waals surface area contributed by atoms with E-state index in [2.05, 4.69) is 0 Å². The summed E-state index contributed by atoms with van der Waals surface area (Å²) in [6.07, 6.45) is 0.773. The molecule has 152 valence electrons. The van der Waals surface area contributed by atoms with Crippen molar-refractivity contribution < 1.29 is 28.6 Å². The van der Waals surface area contributed by atoms with Crippen LogP contribution in [0.1, 0.15) is 29.8 Å². The zero-order valence-corrected chi connectivity index (χ0v) is 16.6. The Hall–Kier alpha value is -3.35. The highest BCUT2D eigenvalue weighted by Crippen LogP contribution is 2.32. The van der Waals surface area contributed by atoms with Crippen LogP contribution in [0.15, 0.2) is 42.5 Å². The normalized spacial score (nSPS) is 14.9. The summed E-state index contributed by atoms with van der Waals surface area (Å²) in [5, 5.41) is 0. The van der Waals surface area contributed by atoms with Crippen molar-refractivity contribution in [3.8, 4) is 11.5 Å². The first-order valence-corrected chi connectivity index (χ1v) is 9.28. The molecule has 29 heavy (non-hydrogen) atoms. The number of para-hydroxylation sites is 1. The Morgan fingerprint density at radius 1 is 1.07 bits per heavy atom. The second-order valence-corrected chi connectivity index (χ2v) is 6.82. The highest BCUT2D eigenvalue weighted by atomic mass is 16.6. The van der Waals surface area contributed by atoms with Crippen LogP contribution in [0.5, 0.6) is 11.5 Å². The summed E-state index contributed by atoms with van der Waals surface area (Å²) >= 11 is 0. The number of carbonyl (C=O) groups is 3. The average molecular weight is 397 g/mol. The third kappa shape index (κ3) is 4.56. The molecule has 1 atom stereocenters. The predicted octanol–water partition coefficient (Wildman–Crippen LogP) is 2.80. The van der Waals surface area contributed by atoms with Crippen molar-refractivity contribution in [3.63, 3.8) is 0 Å². The molecule has 0 bridgehead atoms. The monoisotopic (exact) mass is 397 g/mol. The van der Waals surface area contributed by atoms with Crippen molar-refractivity contribution in [1.29, 1.82) is 0 Å². The number of carbonyl (C=O) groups excluding carboxylic acids is 3. The number of fused-ring (bicyclic) bond motifs is 1. The number of nitrogens with zero attached hydrogens (tertiary/aromatic N) is 1. The van der Waals surface area contributed by atoms with E-state index in [0.717, 1.165) is 17.7 Å². The molecule has 0 saturated carbocycles. The van der Waals surface area contributed by atoms with E-state index in [1.54, 1.807) is 23.1 Å². The van der Waals surface area contributed by atoms with Crippen LogP contribution in [-0.4, -0.2) is 44.0 Å². The number of ketones is 1. The maximum atomic E-state index is 12.6. The average Bonchev–Trinajstić information content (AvgIpc) is 3.05. The molecule has 2 aromatic carbocycles. The van der Waals surface area contributed by atoms with Gasteiger partial charge in [0.15, 0.2) is 30.5 Å². The topological polar surface area (TPSA) is 82.1 Å². The van der Waals surface area contributed by atoms with Crippen LogP contribution in [-0.2, 0) is 20.7 Å². The molecule has 0 spiro atoms. The first-order chi connectivity index (χ1) is 13.9. The largest absolute Gasteiger partial charge is 0.493 e. The van der Waals surface area contributed by atoms with Gasteiger partial charge < -0.3 is 19.1 Å². The summed E-state index contributed by atoms with van der Waals surface area (Å²) in [7, 11) is 1.44. The van der Waals surface area contributed by atoms with Crippen LogP contribution in [0.4, 0.5) is 5.69 Å². The fourth-order valence-corrected chi connectivity index (χ4v) is 3.34. The molecule has 7 nitrogen and oxygen atoms in total. The highest BCUT2D eigenvalue weighted by Gasteiger charge is 2.31. The molecule has 1 heterocycles. The van der Waals surface area contributed by atoms with Gasteiger partial charge in [-0.25, -0.2) is 4.79 Å². The van der Waals surface area contributed by atoms with Gasteiger partial charge in [-0.1, -0.05) is 18.2 Å². The summed E-state index contributed by atoms with van der Waals surface area (Å²) in [4.78, 5) is 37.7. The second kappa shape index (κ2) is 8.77. The van der Waals surface area contributed by atoms with Gasteiger partial charge in [0.2, 0.25) is 0 Å². The Balaban J connectivity index is 1.54. The standard InChI is InChI=1S/C22H23NO6/c1-14-10-17-6-4-5-7-18(17)23(14)21(25)12-29-22(26)13-28-19-9-8-16(15(2)24)11-20(19)27-3/h4-9,11,14H,10,12-13H2,1-3H3/t14-/m1/s1. The molecule has 1 amide bonds. The number of hydrogen-bond acceptors (Lipinski definition) is 6. The van der Waals surface area contributed by atoms with E-state index in [-0.39, 0.29) is 30.9 Å². The number of esters is 1. The molecule has 0 unspecified atom stereocenters. The van der Waals surface area contributed by atoms with Gasteiger partial charge in [-0.2, -0.15) is 0 Å². The Morgan fingerprint density at radius 3 is 2.55 bits per heavy atom. The number of Topliss-reactive ketones (excluding diaryl/α,β-unsaturated/α-hetero) is 1. The number of anilines is 1. The lowest BCUT2D eigenvalue weighted by Crippen LogP contribution is -2.39. The smallest absolute Gasteiger partial charge is 0.344 e. The molecule has 7 heteroatoms. The maximum Gasteiger partial charge on any atom is 0.344 e. The van der Waals surface area contributed by atoms with Crippen molar-refractivity contribution in [2.75, 3.05) is 25.2 Å². The molecule has 1 aliphatic heterocycles. The Bertz CT molecular complexity index is 939. The van der Waals surface area contributed by atoms with Crippen molar-refractivity contribution in [2.45, 2.75) is 26.3 Å². The van der Waals surface area contributed by atoms with E-state index in [4.69, 9.17) is 14.2 Å². The van der Waals surface area contributed by atoms with Gasteiger partial charge in [-0.3, -0.25) is 9.59 Å². The first kappa shape index (κ1) is 20.4. The molecule has 3 rings (SSSR count). The highest BCUT2D eigenvalue weighted by molar-refractivity contribution is 5.98. The third-order valence-corrected chi connectivity index (χ3v) is 4.75. The van der Waals surface area contributed by atoms with Crippen molar-refractivity contribution >= 4 is 23.3 Å². The Labute approximate surface area is 169 Å². The lowest BCUT2D eigenvalue weighted by molar-refractivity contribution is -0.149. The Morgan fingerprint density at radius 2 is 1.83 bits per heavy atom. The van der Waals surface area contributed by atoms with Gasteiger partial charge >= 0.3 is 5.97 Å².